The maximum atomic E-state index is 14.5. The third-order valence-electron chi connectivity index (χ3n) is 15.8. The van der Waals surface area contributed by atoms with Gasteiger partial charge in [-0.3, -0.25) is 4.98 Å². The largest absolute Gasteiger partial charge is 0.416 e. The molecule has 0 unspecified atom stereocenters. The standard InChI is InChI=1S/C70H43F15N4/c1-35-14-44(22-50(17-35)66(71,72)73)40-6-10-55-56-11-7-41(45-15-36(2)18-51(23-45)67(74,75)76)28-62(56)88(61(55)27-40)60-33-59(48-20-38(4)87-39(5)21-48)65(31-49(60)34-86)89-63-29-42(46-16-37(3)19-52(24-46)68(77,78)79)8-12-57(63)58-13-9-43(30-64(58)89)47-25-53(69(80,81)82)32-54(26-47)70(83,84)85/h6-33H,1-5H3. The molecule has 0 N–H and O–H groups in total. The van der Waals surface area contributed by atoms with Crippen molar-refractivity contribution in [1.29, 1.82) is 5.26 Å². The van der Waals surface area contributed by atoms with Crippen LogP contribution in [0.15, 0.2) is 170 Å². The number of aromatic nitrogens is 3. The molecule has 3 aromatic heterocycles. The molecule has 0 aliphatic rings. The van der Waals surface area contributed by atoms with Crippen molar-refractivity contribution in [3.05, 3.63) is 231 Å². The number of halogens is 15. The molecule has 0 saturated carbocycles. The average Bonchev–Trinajstić information content (AvgIpc) is 1.61. The molecule has 0 atom stereocenters. The van der Waals surface area contributed by atoms with E-state index in [4.69, 9.17) is 0 Å². The lowest BCUT2D eigenvalue weighted by Gasteiger charge is -2.20. The smallest absolute Gasteiger partial charge is 0.309 e. The van der Waals surface area contributed by atoms with E-state index in [2.05, 4.69) is 11.1 Å². The topological polar surface area (TPSA) is 46.5 Å². The van der Waals surface area contributed by atoms with Gasteiger partial charge in [-0.05, 0) is 205 Å². The van der Waals surface area contributed by atoms with E-state index >= 15 is 0 Å². The van der Waals surface area contributed by atoms with Crippen molar-refractivity contribution >= 4 is 43.6 Å². The molecular weight excluding hydrogens is 1180 g/mol. The zero-order chi connectivity index (χ0) is 63.8. The van der Waals surface area contributed by atoms with Gasteiger partial charge in [0.15, 0.2) is 0 Å². The van der Waals surface area contributed by atoms with Crippen LogP contribution in [0.2, 0.25) is 0 Å². The van der Waals surface area contributed by atoms with Crippen LogP contribution in [-0.2, 0) is 30.9 Å². The lowest BCUT2D eigenvalue weighted by molar-refractivity contribution is -0.143. The fourth-order valence-electron chi connectivity index (χ4n) is 12.0. The Morgan fingerprint density at radius 2 is 0.596 bits per heavy atom. The maximum Gasteiger partial charge on any atom is 0.416 e. The van der Waals surface area contributed by atoms with Crippen molar-refractivity contribution in [3.8, 4) is 73.1 Å². The fraction of sp³-hybridized carbons (Fsp3) is 0.143. The number of hydrogen-bond acceptors (Lipinski definition) is 2. The van der Waals surface area contributed by atoms with E-state index in [-0.39, 0.29) is 67.4 Å². The van der Waals surface area contributed by atoms with Gasteiger partial charge in [0, 0.05) is 38.5 Å². The van der Waals surface area contributed by atoms with Gasteiger partial charge in [-0.2, -0.15) is 71.1 Å². The summed E-state index contributed by atoms with van der Waals surface area (Å²) < 4.78 is 220. The minimum Gasteiger partial charge on any atom is -0.309 e. The second-order valence-electron chi connectivity index (χ2n) is 22.3. The highest BCUT2D eigenvalue weighted by molar-refractivity contribution is 6.13. The Balaban J connectivity index is 1.21. The molecule has 4 nitrogen and oxygen atoms in total. The number of rotatable bonds is 7. The van der Waals surface area contributed by atoms with E-state index in [1.54, 1.807) is 108 Å². The highest BCUT2D eigenvalue weighted by Gasteiger charge is 2.38. The van der Waals surface area contributed by atoms with Gasteiger partial charge in [0.05, 0.1) is 66.8 Å². The Kier molecular flexibility index (Phi) is 14.0. The summed E-state index contributed by atoms with van der Waals surface area (Å²) in [7, 11) is 0. The van der Waals surface area contributed by atoms with Crippen LogP contribution in [0, 0.1) is 45.9 Å². The Bertz CT molecular complexity index is 4790. The number of pyridine rings is 1. The maximum absolute atomic E-state index is 14.5. The molecule has 0 bridgehead atoms. The van der Waals surface area contributed by atoms with Crippen molar-refractivity contribution in [2.24, 2.45) is 0 Å². The van der Waals surface area contributed by atoms with Gasteiger partial charge in [0.25, 0.3) is 0 Å². The molecule has 12 rings (SSSR count). The number of nitrogens with zero attached hydrogens (tertiary/aromatic N) is 4. The van der Waals surface area contributed by atoms with Crippen LogP contribution < -0.4 is 0 Å². The summed E-state index contributed by atoms with van der Waals surface area (Å²) in [5.74, 6) is 0. The quantitative estimate of drug-likeness (QED) is 0.149. The lowest BCUT2D eigenvalue weighted by Crippen LogP contribution is -2.11. The molecule has 0 fully saturated rings. The summed E-state index contributed by atoms with van der Waals surface area (Å²) in [6.45, 7) is 7.93. The highest BCUT2D eigenvalue weighted by atomic mass is 19.4. The van der Waals surface area contributed by atoms with Crippen molar-refractivity contribution in [2.75, 3.05) is 0 Å². The third kappa shape index (κ3) is 11.1. The fourth-order valence-corrected chi connectivity index (χ4v) is 12.0. The molecule has 0 aliphatic carbocycles. The van der Waals surface area contributed by atoms with Crippen LogP contribution in [0.4, 0.5) is 65.9 Å². The molecule has 89 heavy (non-hydrogen) atoms. The number of hydrogen-bond donors (Lipinski definition) is 0. The monoisotopic (exact) mass is 1220 g/mol. The first-order valence-electron chi connectivity index (χ1n) is 27.3. The van der Waals surface area contributed by atoms with Crippen LogP contribution in [-0.4, -0.2) is 14.1 Å². The lowest BCUT2D eigenvalue weighted by atomic mass is 9.97. The van der Waals surface area contributed by atoms with Crippen LogP contribution >= 0.6 is 0 Å². The molecule has 9 aromatic carbocycles. The van der Waals surface area contributed by atoms with Gasteiger partial charge in [0.1, 0.15) is 6.07 Å². The number of alkyl halides is 15. The van der Waals surface area contributed by atoms with E-state index < -0.39 is 64.3 Å². The van der Waals surface area contributed by atoms with Gasteiger partial charge in [0.2, 0.25) is 0 Å². The molecule has 0 spiro atoms. The van der Waals surface area contributed by atoms with Crippen molar-refractivity contribution < 1.29 is 65.9 Å². The SMILES string of the molecule is Cc1cc(-c2ccc3c4ccc(-c5cc(C)cc(C(F)(F)F)c5)cc4n(-c4cc(-c5cc(C)nc(C)c5)c(-n5c6cc(-c7cc(C)cc(C(F)(F)F)c7)ccc6c6ccc(-c7cc(C(F)(F)F)cc(C(F)(F)F)c7)cc65)cc4C#N)c3c2)cc(C(F)(F)F)c1. The van der Waals surface area contributed by atoms with Crippen molar-refractivity contribution in [3.63, 3.8) is 0 Å². The summed E-state index contributed by atoms with van der Waals surface area (Å²) in [6, 6.07) is 39.5. The zero-order valence-corrected chi connectivity index (χ0v) is 47.1. The highest BCUT2D eigenvalue weighted by Crippen LogP contribution is 2.47. The first kappa shape index (κ1) is 59.5. The predicted molar refractivity (Wildman–Crippen MR) is 314 cm³/mol. The molecule has 448 valence electrons. The first-order valence-corrected chi connectivity index (χ1v) is 27.3. The summed E-state index contributed by atoms with van der Waals surface area (Å²) in [6.07, 6.45) is -24.6. The molecule has 0 aliphatic heterocycles. The molecule has 0 amide bonds. The summed E-state index contributed by atoms with van der Waals surface area (Å²) in [4.78, 5) is 4.60. The zero-order valence-electron chi connectivity index (χ0n) is 47.1. The van der Waals surface area contributed by atoms with Crippen LogP contribution in [0.1, 0.15) is 61.5 Å². The van der Waals surface area contributed by atoms with Crippen molar-refractivity contribution in [1.82, 2.24) is 14.1 Å². The third-order valence-corrected chi connectivity index (χ3v) is 15.8. The minimum absolute atomic E-state index is 0.00329. The van der Waals surface area contributed by atoms with Crippen LogP contribution in [0.5, 0.6) is 0 Å². The Hall–Kier alpha value is -9.83. The Morgan fingerprint density at radius 3 is 0.899 bits per heavy atom. The normalized spacial score (nSPS) is 12.7. The molecule has 3 heterocycles. The first-order chi connectivity index (χ1) is 41.7. The minimum atomic E-state index is -5.22. The second-order valence-corrected chi connectivity index (χ2v) is 22.3. The van der Waals surface area contributed by atoms with Gasteiger partial charge in [-0.15, -0.1) is 0 Å². The summed E-state index contributed by atoms with van der Waals surface area (Å²) in [5, 5.41) is 13.4. The molecule has 19 heteroatoms. The Labute approximate surface area is 497 Å². The molecule has 0 saturated heterocycles. The predicted octanol–water partition coefficient (Wildman–Crippen LogP) is 22.1. The van der Waals surface area contributed by atoms with Gasteiger partial charge >= 0.3 is 30.9 Å². The molecule has 12 aromatic rings. The van der Waals surface area contributed by atoms with E-state index in [1.165, 1.54) is 51.1 Å². The molecular formula is C70H43F15N4. The number of fused-ring (bicyclic) bond motifs is 6. The van der Waals surface area contributed by atoms with E-state index in [0.717, 1.165) is 36.4 Å². The number of benzene rings is 9. The Morgan fingerprint density at radius 1 is 0.303 bits per heavy atom. The number of nitriles is 1. The van der Waals surface area contributed by atoms with E-state index in [0.29, 0.717) is 89.5 Å². The van der Waals surface area contributed by atoms with Crippen molar-refractivity contribution in [2.45, 2.75) is 65.5 Å². The van der Waals surface area contributed by atoms with Crippen LogP contribution in [0.3, 0.4) is 0 Å². The number of aryl methyl sites for hydroxylation is 5. The van der Waals surface area contributed by atoms with Crippen LogP contribution in [0.25, 0.3) is 111 Å². The van der Waals surface area contributed by atoms with Gasteiger partial charge in [-0.25, -0.2) is 0 Å². The summed E-state index contributed by atoms with van der Waals surface area (Å²) >= 11 is 0. The summed E-state index contributed by atoms with van der Waals surface area (Å²) in [5.41, 5.74) is -1.22. The second kappa shape index (κ2) is 20.9. The van der Waals surface area contributed by atoms with Gasteiger partial charge < -0.3 is 9.13 Å². The average molecular weight is 1230 g/mol. The van der Waals surface area contributed by atoms with E-state index in [9.17, 15) is 71.1 Å². The molecule has 0 radical (unpaired) electrons. The van der Waals surface area contributed by atoms with E-state index in [1.807, 2.05) is 0 Å². The van der Waals surface area contributed by atoms with Gasteiger partial charge in [-0.1, -0.05) is 66.7 Å².